The van der Waals surface area contributed by atoms with Gasteiger partial charge in [0.25, 0.3) is 0 Å². The highest BCUT2D eigenvalue weighted by Crippen LogP contribution is 2.33. The normalized spacial score (nSPS) is 22.6. The first-order valence-electron chi connectivity index (χ1n) is 10.4. The number of rotatable bonds is 5. The number of hydrazine groups is 1. The zero-order valence-corrected chi connectivity index (χ0v) is 18.9. The number of sulfonamides is 1. The molecule has 1 amide bonds. The maximum Gasteiger partial charge on any atom is 0.246 e. The van der Waals surface area contributed by atoms with Crippen molar-refractivity contribution in [1.29, 1.82) is 0 Å². The maximum absolute atomic E-state index is 13.3. The summed E-state index contributed by atoms with van der Waals surface area (Å²) in [6, 6.07) is 11.1. The average Bonchev–Trinajstić information content (AvgIpc) is 3.40. The monoisotopic (exact) mass is 447 g/mol. The molecule has 1 aromatic carbocycles. The van der Waals surface area contributed by atoms with Crippen LogP contribution < -0.4 is 15.8 Å². The van der Waals surface area contributed by atoms with Crippen LogP contribution in [0.1, 0.15) is 17.6 Å². The Morgan fingerprint density at radius 3 is 2.45 bits per heavy atom. The molecule has 0 aliphatic carbocycles. The third kappa shape index (κ3) is 4.20. The molecule has 1 aromatic heterocycles. The molecule has 0 bridgehead atoms. The second kappa shape index (κ2) is 8.62. The van der Waals surface area contributed by atoms with Crippen molar-refractivity contribution in [3.63, 3.8) is 0 Å². The smallest absolute Gasteiger partial charge is 0.246 e. The summed E-state index contributed by atoms with van der Waals surface area (Å²) >= 11 is 0. The van der Waals surface area contributed by atoms with Crippen LogP contribution in [0, 0.1) is 12.8 Å². The minimum absolute atomic E-state index is 0.0435. The summed E-state index contributed by atoms with van der Waals surface area (Å²) in [6.45, 7) is 4.16. The molecular weight excluding hydrogens is 418 g/mol. The summed E-state index contributed by atoms with van der Waals surface area (Å²) < 4.78 is 34.0. The lowest BCUT2D eigenvalue weighted by molar-refractivity contribution is -0.133. The van der Waals surface area contributed by atoms with Gasteiger partial charge in [0.2, 0.25) is 15.9 Å². The number of piperazine rings is 1. The summed E-state index contributed by atoms with van der Waals surface area (Å²) in [5.41, 5.74) is 7.13. The first kappa shape index (κ1) is 21.8. The van der Waals surface area contributed by atoms with Crippen molar-refractivity contribution in [1.82, 2.24) is 20.1 Å². The fourth-order valence-electron chi connectivity index (χ4n) is 4.19. The Balaban J connectivity index is 1.51. The molecule has 10 heteroatoms. The summed E-state index contributed by atoms with van der Waals surface area (Å²) in [5.74, 6) is 0.373. The first-order chi connectivity index (χ1) is 14.8. The molecule has 31 heavy (non-hydrogen) atoms. The predicted molar refractivity (Wildman–Crippen MR) is 117 cm³/mol. The van der Waals surface area contributed by atoms with Crippen molar-refractivity contribution in [2.75, 3.05) is 51.7 Å². The van der Waals surface area contributed by atoms with E-state index < -0.39 is 16.1 Å². The minimum Gasteiger partial charge on any atom is -0.463 e. The molecule has 2 atom stereocenters. The SMILES string of the molecule is Cc1oc(C2NNCC2C(=O)N(C)C)cc1S(=O)(=O)N1CCN(c2ccccc2)CC1. The largest absolute Gasteiger partial charge is 0.463 e. The van der Waals surface area contributed by atoms with Crippen LogP contribution in [0.4, 0.5) is 5.69 Å². The first-order valence-corrected chi connectivity index (χ1v) is 11.8. The summed E-state index contributed by atoms with van der Waals surface area (Å²) in [6.07, 6.45) is 0. The molecule has 2 saturated heterocycles. The van der Waals surface area contributed by atoms with Gasteiger partial charge in [0.1, 0.15) is 16.4 Å². The van der Waals surface area contributed by atoms with Gasteiger partial charge in [-0.25, -0.2) is 13.8 Å². The van der Waals surface area contributed by atoms with Crippen LogP contribution in [0.5, 0.6) is 0 Å². The Kier molecular flexibility index (Phi) is 6.07. The van der Waals surface area contributed by atoms with Crippen LogP contribution in [0.2, 0.25) is 0 Å². The zero-order chi connectivity index (χ0) is 22.2. The molecule has 2 unspecified atom stereocenters. The van der Waals surface area contributed by atoms with Crippen molar-refractivity contribution < 1.29 is 17.6 Å². The number of aryl methyl sites for hydroxylation is 1. The van der Waals surface area contributed by atoms with Crippen molar-refractivity contribution >= 4 is 21.6 Å². The Labute approximate surface area is 183 Å². The van der Waals surface area contributed by atoms with Gasteiger partial charge in [0, 0.05) is 58.6 Å². The maximum atomic E-state index is 13.3. The van der Waals surface area contributed by atoms with E-state index in [1.165, 1.54) is 9.21 Å². The van der Waals surface area contributed by atoms with Gasteiger partial charge in [0.15, 0.2) is 0 Å². The van der Waals surface area contributed by atoms with E-state index in [0.717, 1.165) is 5.69 Å². The van der Waals surface area contributed by atoms with Gasteiger partial charge in [-0.3, -0.25) is 10.2 Å². The summed E-state index contributed by atoms with van der Waals surface area (Å²) in [5, 5.41) is 0. The Bertz CT molecular complexity index is 1030. The highest BCUT2D eigenvalue weighted by atomic mass is 32.2. The molecular formula is C21H29N5O4S. The fourth-order valence-corrected chi connectivity index (χ4v) is 5.78. The predicted octanol–water partition coefficient (Wildman–Crippen LogP) is 0.952. The van der Waals surface area contributed by atoms with Gasteiger partial charge in [-0.1, -0.05) is 18.2 Å². The molecule has 4 rings (SSSR count). The molecule has 0 radical (unpaired) electrons. The van der Waals surface area contributed by atoms with Crippen LogP contribution in [0.25, 0.3) is 0 Å². The molecule has 2 aliphatic heterocycles. The van der Waals surface area contributed by atoms with Gasteiger partial charge in [0.05, 0.1) is 12.0 Å². The van der Waals surface area contributed by atoms with Gasteiger partial charge in [-0.05, 0) is 19.1 Å². The van der Waals surface area contributed by atoms with E-state index in [4.69, 9.17) is 4.42 Å². The Morgan fingerprint density at radius 1 is 1.13 bits per heavy atom. The van der Waals surface area contributed by atoms with Gasteiger partial charge < -0.3 is 14.2 Å². The van der Waals surface area contributed by atoms with Crippen molar-refractivity contribution in [3.05, 3.63) is 47.9 Å². The van der Waals surface area contributed by atoms with E-state index in [0.29, 0.717) is 44.2 Å². The molecule has 2 N–H and O–H groups in total. The zero-order valence-electron chi connectivity index (χ0n) is 18.0. The van der Waals surface area contributed by atoms with Crippen molar-refractivity contribution in [3.8, 4) is 0 Å². The van der Waals surface area contributed by atoms with Crippen LogP contribution in [0.15, 0.2) is 45.7 Å². The number of anilines is 1. The molecule has 168 valence electrons. The van der Waals surface area contributed by atoms with Crippen LogP contribution in [0.3, 0.4) is 0 Å². The topological polar surface area (TPSA) is 98.1 Å². The molecule has 3 heterocycles. The number of hydrogen-bond donors (Lipinski definition) is 2. The molecule has 2 aliphatic rings. The van der Waals surface area contributed by atoms with Gasteiger partial charge >= 0.3 is 0 Å². The van der Waals surface area contributed by atoms with E-state index in [1.807, 2.05) is 30.3 Å². The lowest BCUT2D eigenvalue weighted by atomic mass is 9.98. The lowest BCUT2D eigenvalue weighted by Crippen LogP contribution is -2.48. The van der Waals surface area contributed by atoms with E-state index in [9.17, 15) is 13.2 Å². The number of benzene rings is 1. The number of carbonyl (C=O) groups excluding carboxylic acids is 1. The summed E-state index contributed by atoms with van der Waals surface area (Å²) in [4.78, 5) is 16.4. The van der Waals surface area contributed by atoms with Crippen molar-refractivity contribution in [2.24, 2.45) is 5.92 Å². The minimum atomic E-state index is -3.69. The Morgan fingerprint density at radius 2 is 1.81 bits per heavy atom. The number of hydrogen-bond acceptors (Lipinski definition) is 7. The quantitative estimate of drug-likeness (QED) is 0.704. The number of carbonyl (C=O) groups is 1. The van der Waals surface area contributed by atoms with E-state index in [2.05, 4.69) is 15.8 Å². The van der Waals surface area contributed by atoms with E-state index in [1.54, 1.807) is 27.1 Å². The van der Waals surface area contributed by atoms with E-state index >= 15 is 0 Å². The Hall–Kier alpha value is -2.40. The second-order valence-corrected chi connectivity index (χ2v) is 10.0. The third-order valence-corrected chi connectivity index (χ3v) is 7.92. The second-order valence-electron chi connectivity index (χ2n) is 8.14. The van der Waals surface area contributed by atoms with Crippen molar-refractivity contribution in [2.45, 2.75) is 17.9 Å². The molecule has 2 aromatic rings. The lowest BCUT2D eigenvalue weighted by Gasteiger charge is -2.35. The molecule has 9 nitrogen and oxygen atoms in total. The highest BCUT2D eigenvalue weighted by Gasteiger charge is 2.39. The third-order valence-electron chi connectivity index (χ3n) is 5.92. The van der Waals surface area contributed by atoms with Crippen LogP contribution in [-0.2, 0) is 14.8 Å². The van der Waals surface area contributed by atoms with Crippen LogP contribution in [-0.4, -0.2) is 70.3 Å². The van der Waals surface area contributed by atoms with Crippen LogP contribution >= 0.6 is 0 Å². The molecule has 0 saturated carbocycles. The van der Waals surface area contributed by atoms with Gasteiger partial charge in [-0.2, -0.15) is 4.31 Å². The number of nitrogens with one attached hydrogen (secondary N) is 2. The summed E-state index contributed by atoms with van der Waals surface area (Å²) in [7, 11) is -0.283. The average molecular weight is 448 g/mol. The molecule has 0 spiro atoms. The van der Waals surface area contributed by atoms with E-state index in [-0.39, 0.29) is 16.7 Å². The number of furan rings is 1. The fraction of sp³-hybridized carbons (Fsp3) is 0.476. The highest BCUT2D eigenvalue weighted by molar-refractivity contribution is 7.89. The number of nitrogens with zero attached hydrogens (tertiary/aromatic N) is 3. The number of para-hydroxylation sites is 1. The standard InChI is InChI=1S/C21H29N5O4S/c1-15-19(13-18(30-15)20-17(14-22-23-20)21(27)24(2)3)31(28,29)26-11-9-25(10-12-26)16-7-5-4-6-8-16/h4-8,13,17,20,22-23H,9-12,14H2,1-3H3. The number of amides is 1. The van der Waals surface area contributed by atoms with Gasteiger partial charge in [-0.15, -0.1) is 0 Å². The molecule has 2 fully saturated rings.